The SMILES string of the molecule is Cc1ccccc1/C=C1\NC(=S)N(c2ccc(Br)cc2)C1=O. The summed E-state index contributed by atoms with van der Waals surface area (Å²) in [6.07, 6.45) is 1.84. The van der Waals surface area contributed by atoms with Gasteiger partial charge in [0.2, 0.25) is 0 Å². The van der Waals surface area contributed by atoms with Crippen LogP contribution in [0.3, 0.4) is 0 Å². The van der Waals surface area contributed by atoms with E-state index >= 15 is 0 Å². The molecule has 110 valence electrons. The number of nitrogens with one attached hydrogen (secondary N) is 1. The Labute approximate surface area is 142 Å². The van der Waals surface area contributed by atoms with Gasteiger partial charge in [-0.2, -0.15) is 0 Å². The number of hydrogen-bond acceptors (Lipinski definition) is 2. The Morgan fingerprint density at radius 2 is 1.82 bits per heavy atom. The molecule has 0 saturated carbocycles. The van der Waals surface area contributed by atoms with Crippen LogP contribution in [0.4, 0.5) is 5.69 Å². The molecule has 1 amide bonds. The first-order chi connectivity index (χ1) is 10.6. The monoisotopic (exact) mass is 372 g/mol. The molecule has 1 fully saturated rings. The van der Waals surface area contributed by atoms with E-state index in [1.54, 1.807) is 0 Å². The van der Waals surface area contributed by atoms with Crippen molar-refractivity contribution in [2.75, 3.05) is 4.90 Å². The normalized spacial score (nSPS) is 16.3. The predicted molar refractivity (Wildman–Crippen MR) is 96.5 cm³/mol. The molecule has 0 aromatic heterocycles. The number of benzene rings is 2. The zero-order valence-electron chi connectivity index (χ0n) is 11.8. The number of halogens is 1. The van der Waals surface area contributed by atoms with Crippen LogP contribution in [-0.4, -0.2) is 11.0 Å². The highest BCUT2D eigenvalue weighted by Crippen LogP contribution is 2.24. The molecule has 1 saturated heterocycles. The molecule has 3 rings (SSSR count). The van der Waals surface area contributed by atoms with Crippen molar-refractivity contribution in [2.45, 2.75) is 6.92 Å². The standard InChI is InChI=1S/C17H13BrN2OS/c1-11-4-2-3-5-12(11)10-15-16(21)20(17(22)19-15)14-8-6-13(18)7-9-14/h2-10H,1H3,(H,19,22)/b15-10-. The van der Waals surface area contributed by atoms with Crippen LogP contribution in [-0.2, 0) is 4.79 Å². The Balaban J connectivity index is 1.95. The first-order valence-electron chi connectivity index (χ1n) is 6.74. The molecular weight excluding hydrogens is 360 g/mol. The second-order valence-corrected chi connectivity index (χ2v) is 6.26. The van der Waals surface area contributed by atoms with Gasteiger partial charge in [0.15, 0.2) is 5.11 Å². The number of amides is 1. The summed E-state index contributed by atoms with van der Waals surface area (Å²) in [5.41, 5.74) is 3.34. The maximum absolute atomic E-state index is 12.6. The van der Waals surface area contributed by atoms with Crippen LogP contribution in [0.2, 0.25) is 0 Å². The zero-order chi connectivity index (χ0) is 15.7. The van der Waals surface area contributed by atoms with Gasteiger partial charge in [0.25, 0.3) is 5.91 Å². The van der Waals surface area contributed by atoms with E-state index in [-0.39, 0.29) is 5.91 Å². The molecule has 5 heteroatoms. The lowest BCUT2D eigenvalue weighted by Crippen LogP contribution is -2.30. The van der Waals surface area contributed by atoms with Gasteiger partial charge in [-0.15, -0.1) is 0 Å². The topological polar surface area (TPSA) is 32.3 Å². The first kappa shape index (κ1) is 14.9. The molecule has 2 aromatic rings. The van der Waals surface area contributed by atoms with Crippen molar-refractivity contribution in [1.29, 1.82) is 0 Å². The lowest BCUT2D eigenvalue weighted by Gasteiger charge is -2.13. The van der Waals surface area contributed by atoms with Crippen molar-refractivity contribution in [1.82, 2.24) is 5.32 Å². The van der Waals surface area contributed by atoms with Crippen molar-refractivity contribution in [3.05, 3.63) is 69.8 Å². The maximum Gasteiger partial charge on any atom is 0.281 e. The van der Waals surface area contributed by atoms with Crippen LogP contribution < -0.4 is 10.2 Å². The van der Waals surface area contributed by atoms with Gasteiger partial charge in [-0.1, -0.05) is 40.2 Å². The molecule has 0 radical (unpaired) electrons. The molecule has 0 spiro atoms. The molecule has 2 aromatic carbocycles. The Bertz CT molecular complexity index is 784. The lowest BCUT2D eigenvalue weighted by atomic mass is 10.1. The first-order valence-corrected chi connectivity index (χ1v) is 7.95. The number of carbonyl (C=O) groups is 1. The van der Waals surface area contributed by atoms with E-state index in [2.05, 4.69) is 21.2 Å². The Kier molecular flexibility index (Phi) is 4.09. The van der Waals surface area contributed by atoms with Crippen molar-refractivity contribution >= 4 is 50.9 Å². The fraction of sp³-hybridized carbons (Fsp3) is 0.0588. The molecular formula is C17H13BrN2OS. The number of aryl methyl sites for hydroxylation is 1. The van der Waals surface area contributed by atoms with Gasteiger partial charge in [0, 0.05) is 4.47 Å². The van der Waals surface area contributed by atoms with Crippen LogP contribution >= 0.6 is 28.1 Å². The number of anilines is 1. The molecule has 0 unspecified atom stereocenters. The predicted octanol–water partition coefficient (Wildman–Crippen LogP) is 4.02. The Hall–Kier alpha value is -1.98. The summed E-state index contributed by atoms with van der Waals surface area (Å²) in [4.78, 5) is 14.1. The smallest absolute Gasteiger partial charge is 0.281 e. The second kappa shape index (κ2) is 6.02. The fourth-order valence-corrected chi connectivity index (χ4v) is 2.83. The molecule has 3 nitrogen and oxygen atoms in total. The molecule has 0 aliphatic carbocycles. The molecule has 0 bridgehead atoms. The summed E-state index contributed by atoms with van der Waals surface area (Å²) < 4.78 is 0.956. The quantitative estimate of drug-likeness (QED) is 0.638. The number of rotatable bonds is 2. The fourth-order valence-electron chi connectivity index (χ4n) is 2.26. The minimum Gasteiger partial charge on any atom is -0.327 e. The highest BCUT2D eigenvalue weighted by Gasteiger charge is 2.31. The third-order valence-electron chi connectivity index (χ3n) is 3.45. The summed E-state index contributed by atoms with van der Waals surface area (Å²) >= 11 is 8.69. The maximum atomic E-state index is 12.6. The Morgan fingerprint density at radius 3 is 2.50 bits per heavy atom. The lowest BCUT2D eigenvalue weighted by molar-refractivity contribution is -0.113. The third kappa shape index (κ3) is 2.82. The molecule has 22 heavy (non-hydrogen) atoms. The number of thiocarbonyl (C=S) groups is 1. The molecule has 1 aliphatic heterocycles. The molecule has 0 atom stereocenters. The van der Waals surface area contributed by atoms with Crippen molar-refractivity contribution in [3.63, 3.8) is 0 Å². The molecule has 1 aliphatic rings. The summed E-state index contributed by atoms with van der Waals surface area (Å²) in [7, 11) is 0. The second-order valence-electron chi connectivity index (χ2n) is 4.96. The van der Waals surface area contributed by atoms with E-state index in [4.69, 9.17) is 12.2 Å². The van der Waals surface area contributed by atoms with E-state index in [0.29, 0.717) is 10.8 Å². The van der Waals surface area contributed by atoms with E-state index in [0.717, 1.165) is 21.3 Å². The molecule has 1 N–H and O–H groups in total. The van der Waals surface area contributed by atoms with E-state index in [1.807, 2.05) is 61.5 Å². The molecule has 1 heterocycles. The van der Waals surface area contributed by atoms with E-state index < -0.39 is 0 Å². The summed E-state index contributed by atoms with van der Waals surface area (Å²) in [5.74, 6) is -0.143. The van der Waals surface area contributed by atoms with Crippen LogP contribution in [0.15, 0.2) is 58.7 Å². The number of hydrogen-bond donors (Lipinski definition) is 1. The largest absolute Gasteiger partial charge is 0.327 e. The van der Waals surface area contributed by atoms with Gasteiger partial charge >= 0.3 is 0 Å². The van der Waals surface area contributed by atoms with Gasteiger partial charge in [0.05, 0.1) is 5.69 Å². The average Bonchev–Trinajstić information content (AvgIpc) is 2.77. The van der Waals surface area contributed by atoms with Gasteiger partial charge in [-0.05, 0) is 60.6 Å². The highest BCUT2D eigenvalue weighted by molar-refractivity contribution is 9.10. The summed E-state index contributed by atoms with van der Waals surface area (Å²) in [5, 5.41) is 3.40. The van der Waals surface area contributed by atoms with Gasteiger partial charge in [-0.3, -0.25) is 9.69 Å². The highest BCUT2D eigenvalue weighted by atomic mass is 79.9. The van der Waals surface area contributed by atoms with E-state index in [1.165, 1.54) is 4.90 Å². The van der Waals surface area contributed by atoms with E-state index in [9.17, 15) is 4.79 Å². The minimum absolute atomic E-state index is 0.143. The van der Waals surface area contributed by atoms with Gasteiger partial charge in [-0.25, -0.2) is 0 Å². The average molecular weight is 373 g/mol. The van der Waals surface area contributed by atoms with Crippen LogP contribution in [0, 0.1) is 6.92 Å². The summed E-state index contributed by atoms with van der Waals surface area (Å²) in [6, 6.07) is 15.4. The number of carbonyl (C=O) groups excluding carboxylic acids is 1. The van der Waals surface area contributed by atoms with Crippen molar-refractivity contribution in [2.24, 2.45) is 0 Å². The van der Waals surface area contributed by atoms with Gasteiger partial charge < -0.3 is 5.32 Å². The van der Waals surface area contributed by atoms with Gasteiger partial charge in [0.1, 0.15) is 5.70 Å². The van der Waals surface area contributed by atoms with Crippen LogP contribution in [0.25, 0.3) is 6.08 Å². The Morgan fingerprint density at radius 1 is 1.14 bits per heavy atom. The zero-order valence-corrected chi connectivity index (χ0v) is 14.2. The van der Waals surface area contributed by atoms with Crippen molar-refractivity contribution in [3.8, 4) is 0 Å². The third-order valence-corrected chi connectivity index (χ3v) is 4.26. The number of nitrogens with zero attached hydrogens (tertiary/aromatic N) is 1. The van der Waals surface area contributed by atoms with Crippen molar-refractivity contribution < 1.29 is 4.79 Å². The minimum atomic E-state index is -0.143. The van der Waals surface area contributed by atoms with Crippen LogP contribution in [0.5, 0.6) is 0 Å². The summed E-state index contributed by atoms with van der Waals surface area (Å²) in [6.45, 7) is 2.01. The van der Waals surface area contributed by atoms with Crippen LogP contribution in [0.1, 0.15) is 11.1 Å².